The lowest BCUT2D eigenvalue weighted by atomic mass is 10.3. The number of benzene rings is 4. The van der Waals surface area contributed by atoms with Crippen molar-refractivity contribution in [3.8, 4) is 11.5 Å². The number of nitrogens with one attached hydrogen (secondary N) is 2. The average Bonchev–Trinajstić information content (AvgIpc) is 2.94. The van der Waals surface area contributed by atoms with Gasteiger partial charge in [-0.1, -0.05) is 36.4 Å². The first-order valence-electron chi connectivity index (χ1n) is 11.4. The highest BCUT2D eigenvalue weighted by Crippen LogP contribution is 2.33. The summed E-state index contributed by atoms with van der Waals surface area (Å²) in [6.45, 7) is 0. The molecule has 0 aromatic heterocycles. The van der Waals surface area contributed by atoms with Crippen LogP contribution in [0.1, 0.15) is 0 Å². The Morgan fingerprint density at radius 3 is 1.18 bits per heavy atom. The standard InChI is InChI=1S/C28H26N2O6S2/c1-35-23-17-13-21(14-18-23)29-27(30-22-15-19-24(36-2)20-16-22)28(37(31,32)25-9-5-3-6-10-25)38(33,34)26-11-7-4-8-12-26/h3-20,29-30H,1-2H3. The third-order valence-corrected chi connectivity index (χ3v) is 10.0. The Hall–Kier alpha value is -4.28. The molecule has 0 radical (unpaired) electrons. The summed E-state index contributed by atoms with van der Waals surface area (Å²) in [4.78, 5) is -0.333. The van der Waals surface area contributed by atoms with Crippen molar-refractivity contribution in [3.63, 3.8) is 0 Å². The number of hydrogen-bond donors (Lipinski definition) is 2. The van der Waals surface area contributed by atoms with Crippen molar-refractivity contribution in [2.75, 3.05) is 24.9 Å². The molecule has 10 heteroatoms. The van der Waals surface area contributed by atoms with E-state index in [9.17, 15) is 16.8 Å². The first-order valence-corrected chi connectivity index (χ1v) is 14.4. The van der Waals surface area contributed by atoms with Gasteiger partial charge in [-0.3, -0.25) is 0 Å². The molecule has 0 aliphatic carbocycles. The fraction of sp³-hybridized carbons (Fsp3) is 0.0714. The fourth-order valence-electron chi connectivity index (χ4n) is 3.60. The molecule has 0 aliphatic rings. The molecule has 0 bridgehead atoms. The van der Waals surface area contributed by atoms with E-state index in [1.807, 2.05) is 0 Å². The molecule has 0 heterocycles. The van der Waals surface area contributed by atoms with Gasteiger partial charge in [0, 0.05) is 11.4 Å². The highest BCUT2D eigenvalue weighted by molar-refractivity contribution is 8.14. The number of hydrogen-bond acceptors (Lipinski definition) is 8. The summed E-state index contributed by atoms with van der Waals surface area (Å²) < 4.78 is 65.7. The van der Waals surface area contributed by atoms with E-state index in [-0.39, 0.29) is 15.6 Å². The Labute approximate surface area is 222 Å². The van der Waals surface area contributed by atoms with Gasteiger partial charge in [-0.05, 0) is 72.8 Å². The van der Waals surface area contributed by atoms with Gasteiger partial charge in [-0.25, -0.2) is 16.8 Å². The number of ether oxygens (including phenoxy) is 2. The number of rotatable bonds is 10. The van der Waals surface area contributed by atoms with Crippen LogP contribution in [-0.4, -0.2) is 31.1 Å². The van der Waals surface area contributed by atoms with Gasteiger partial charge in [0.1, 0.15) is 17.3 Å². The highest BCUT2D eigenvalue weighted by Gasteiger charge is 2.37. The minimum absolute atomic E-state index is 0.167. The fourth-order valence-corrected chi connectivity index (χ4v) is 7.53. The SMILES string of the molecule is COc1ccc(NC(Nc2ccc(OC)cc2)=C(S(=O)(=O)c2ccccc2)S(=O)(=O)c2ccccc2)cc1. The summed E-state index contributed by atoms with van der Waals surface area (Å²) >= 11 is 0. The maximum Gasteiger partial charge on any atom is 0.221 e. The number of methoxy groups -OCH3 is 2. The largest absolute Gasteiger partial charge is 0.497 e. The van der Waals surface area contributed by atoms with Crippen LogP contribution in [0.3, 0.4) is 0 Å². The number of anilines is 2. The van der Waals surface area contributed by atoms with Crippen molar-refractivity contribution in [2.45, 2.75) is 9.79 Å². The van der Waals surface area contributed by atoms with Crippen LogP contribution in [0.25, 0.3) is 0 Å². The number of sulfone groups is 2. The van der Waals surface area contributed by atoms with E-state index in [1.165, 1.54) is 62.8 Å². The van der Waals surface area contributed by atoms with Crippen LogP contribution in [0, 0.1) is 0 Å². The molecule has 8 nitrogen and oxygen atoms in total. The van der Waals surface area contributed by atoms with Gasteiger partial charge < -0.3 is 20.1 Å². The van der Waals surface area contributed by atoms with E-state index < -0.39 is 23.9 Å². The van der Waals surface area contributed by atoms with Gasteiger partial charge in [0.25, 0.3) is 0 Å². The second-order valence-corrected chi connectivity index (χ2v) is 12.0. The summed E-state index contributed by atoms with van der Waals surface area (Å²) in [5.41, 5.74) is 0.872. The first-order chi connectivity index (χ1) is 18.3. The molecule has 0 aliphatic heterocycles. The molecule has 0 fully saturated rings. The predicted molar refractivity (Wildman–Crippen MR) is 148 cm³/mol. The van der Waals surface area contributed by atoms with Gasteiger partial charge >= 0.3 is 0 Å². The first kappa shape index (κ1) is 26.8. The molecule has 38 heavy (non-hydrogen) atoms. The van der Waals surface area contributed by atoms with Gasteiger partial charge in [0.2, 0.25) is 23.9 Å². The van der Waals surface area contributed by atoms with Crippen LogP contribution in [0.4, 0.5) is 11.4 Å². The van der Waals surface area contributed by atoms with E-state index in [0.717, 1.165) is 0 Å². The van der Waals surface area contributed by atoms with Crippen molar-refractivity contribution in [2.24, 2.45) is 0 Å². The lowest BCUT2D eigenvalue weighted by molar-refractivity contribution is 0.415. The Morgan fingerprint density at radius 2 is 0.868 bits per heavy atom. The van der Waals surface area contributed by atoms with Gasteiger partial charge in [-0.15, -0.1) is 0 Å². The average molecular weight is 551 g/mol. The normalized spacial score (nSPS) is 11.3. The second kappa shape index (κ2) is 11.4. The van der Waals surface area contributed by atoms with Crippen molar-refractivity contribution in [1.82, 2.24) is 0 Å². The van der Waals surface area contributed by atoms with Crippen LogP contribution < -0.4 is 20.1 Å². The molecule has 0 atom stereocenters. The summed E-state index contributed by atoms with van der Waals surface area (Å²) in [6, 6.07) is 28.1. The molecule has 4 aromatic rings. The van der Waals surface area contributed by atoms with Crippen LogP contribution in [0.5, 0.6) is 11.5 Å². The lowest BCUT2D eigenvalue weighted by Crippen LogP contribution is -2.24. The minimum atomic E-state index is -4.55. The predicted octanol–water partition coefficient (Wildman–Crippen LogP) is 5.30. The topological polar surface area (TPSA) is 111 Å². The molecule has 2 N–H and O–H groups in total. The van der Waals surface area contributed by atoms with Gasteiger partial charge in [0.15, 0.2) is 0 Å². The maximum atomic E-state index is 14.0. The molecule has 0 saturated carbocycles. The van der Waals surface area contributed by atoms with Crippen molar-refractivity contribution in [1.29, 1.82) is 0 Å². The minimum Gasteiger partial charge on any atom is -0.497 e. The molecular weight excluding hydrogens is 524 g/mol. The Morgan fingerprint density at radius 1 is 0.526 bits per heavy atom. The zero-order valence-electron chi connectivity index (χ0n) is 20.7. The zero-order chi connectivity index (χ0) is 27.2. The molecule has 4 aromatic carbocycles. The second-order valence-electron chi connectivity index (χ2n) is 8.00. The quantitative estimate of drug-likeness (QED) is 0.274. The Bertz CT molecular complexity index is 1500. The van der Waals surface area contributed by atoms with Crippen LogP contribution in [0.2, 0.25) is 0 Å². The van der Waals surface area contributed by atoms with E-state index in [2.05, 4.69) is 10.6 Å². The van der Waals surface area contributed by atoms with E-state index in [0.29, 0.717) is 22.9 Å². The Balaban J connectivity index is 1.99. The third kappa shape index (κ3) is 5.82. The molecule has 0 saturated heterocycles. The lowest BCUT2D eigenvalue weighted by Gasteiger charge is -2.20. The van der Waals surface area contributed by atoms with E-state index >= 15 is 0 Å². The van der Waals surface area contributed by atoms with Crippen LogP contribution in [-0.2, 0) is 19.7 Å². The maximum absolute atomic E-state index is 14.0. The van der Waals surface area contributed by atoms with Crippen LogP contribution >= 0.6 is 0 Å². The van der Waals surface area contributed by atoms with E-state index in [1.54, 1.807) is 60.7 Å². The van der Waals surface area contributed by atoms with Crippen LogP contribution in [0.15, 0.2) is 129 Å². The van der Waals surface area contributed by atoms with Crippen molar-refractivity contribution >= 4 is 31.0 Å². The zero-order valence-corrected chi connectivity index (χ0v) is 22.3. The smallest absolute Gasteiger partial charge is 0.221 e. The summed E-state index contributed by atoms with van der Waals surface area (Å²) in [5.74, 6) is 0.921. The molecule has 4 rings (SSSR count). The summed E-state index contributed by atoms with van der Waals surface area (Å²) in [7, 11) is -6.06. The van der Waals surface area contributed by atoms with Crippen molar-refractivity contribution in [3.05, 3.63) is 119 Å². The Kier molecular flexibility index (Phi) is 8.04. The van der Waals surface area contributed by atoms with Crippen molar-refractivity contribution < 1.29 is 26.3 Å². The summed E-state index contributed by atoms with van der Waals surface area (Å²) in [5, 5.41) is 5.97. The summed E-state index contributed by atoms with van der Waals surface area (Å²) in [6.07, 6.45) is 0. The molecule has 0 spiro atoms. The monoisotopic (exact) mass is 550 g/mol. The third-order valence-electron chi connectivity index (χ3n) is 5.52. The molecular formula is C28H26N2O6S2. The molecule has 0 amide bonds. The van der Waals surface area contributed by atoms with Gasteiger partial charge in [0.05, 0.1) is 24.0 Å². The van der Waals surface area contributed by atoms with E-state index in [4.69, 9.17) is 9.47 Å². The van der Waals surface area contributed by atoms with Gasteiger partial charge in [-0.2, -0.15) is 0 Å². The molecule has 196 valence electrons. The highest BCUT2D eigenvalue weighted by atomic mass is 32.3. The molecule has 0 unspecified atom stereocenters.